The summed E-state index contributed by atoms with van der Waals surface area (Å²) in [5, 5.41) is 4.93. The summed E-state index contributed by atoms with van der Waals surface area (Å²) in [5.74, 6) is -0.224. The molecule has 0 radical (unpaired) electrons. The summed E-state index contributed by atoms with van der Waals surface area (Å²) in [6, 6.07) is 12.8. The first-order chi connectivity index (χ1) is 12.2. The fourth-order valence-electron chi connectivity index (χ4n) is 2.92. The molecule has 1 amide bonds. The minimum atomic E-state index is -0.224. The molecule has 4 aromatic rings. The van der Waals surface area contributed by atoms with Crippen LogP contribution in [0, 0.1) is 0 Å². The average Bonchev–Trinajstić information content (AvgIpc) is 3.02. The van der Waals surface area contributed by atoms with Crippen molar-refractivity contribution in [2.75, 3.05) is 6.54 Å². The van der Waals surface area contributed by atoms with Gasteiger partial charge in [-0.25, -0.2) is 4.98 Å². The first-order valence-corrected chi connectivity index (χ1v) is 8.02. The van der Waals surface area contributed by atoms with Crippen molar-refractivity contribution in [3.63, 3.8) is 0 Å². The molecule has 0 spiro atoms. The van der Waals surface area contributed by atoms with Crippen LogP contribution < -0.4 is 10.7 Å². The third-order valence-corrected chi connectivity index (χ3v) is 4.16. The number of rotatable bonds is 4. The summed E-state index contributed by atoms with van der Waals surface area (Å²) in [7, 11) is 0. The summed E-state index contributed by atoms with van der Waals surface area (Å²) in [5.41, 5.74) is 2.07. The van der Waals surface area contributed by atoms with E-state index in [1.54, 1.807) is 18.6 Å². The van der Waals surface area contributed by atoms with Gasteiger partial charge in [0.25, 0.3) is 5.91 Å². The van der Waals surface area contributed by atoms with E-state index in [4.69, 9.17) is 0 Å². The molecule has 124 valence electrons. The van der Waals surface area contributed by atoms with E-state index < -0.39 is 0 Å². The van der Waals surface area contributed by atoms with Gasteiger partial charge in [-0.2, -0.15) is 0 Å². The second-order valence-electron chi connectivity index (χ2n) is 5.78. The third kappa shape index (κ3) is 2.89. The van der Waals surface area contributed by atoms with Gasteiger partial charge in [-0.3, -0.25) is 9.59 Å². The largest absolute Gasteiger partial charge is 0.353 e. The molecule has 0 unspecified atom stereocenters. The molecule has 3 heterocycles. The Morgan fingerprint density at radius 2 is 1.88 bits per heavy atom. The molecular weight excluding hydrogens is 316 g/mol. The van der Waals surface area contributed by atoms with E-state index in [0.717, 1.165) is 21.8 Å². The maximum atomic E-state index is 12.5. The van der Waals surface area contributed by atoms with Crippen LogP contribution >= 0.6 is 0 Å². The lowest BCUT2D eigenvalue weighted by Gasteiger charge is -2.08. The molecule has 0 saturated carbocycles. The number of aromatic nitrogens is 3. The van der Waals surface area contributed by atoms with Crippen molar-refractivity contribution in [3.05, 3.63) is 77.0 Å². The number of fused-ring (bicyclic) bond motifs is 3. The standard InChI is InChI=1S/C19H16N4O2/c24-13-6-10-23(11-7-13)12-9-21-19(25)18-17-15(5-8-20-18)14-3-1-2-4-16(14)22-17/h1-8,10-11,22H,9,12H2,(H,21,25). The van der Waals surface area contributed by atoms with Crippen LogP contribution in [0.2, 0.25) is 0 Å². The van der Waals surface area contributed by atoms with Gasteiger partial charge < -0.3 is 14.9 Å². The van der Waals surface area contributed by atoms with Crippen LogP contribution in [0.4, 0.5) is 0 Å². The van der Waals surface area contributed by atoms with Gasteiger partial charge in [0.1, 0.15) is 0 Å². The number of benzene rings is 1. The summed E-state index contributed by atoms with van der Waals surface area (Å²) < 4.78 is 1.85. The number of aromatic amines is 1. The monoisotopic (exact) mass is 332 g/mol. The number of hydrogen-bond donors (Lipinski definition) is 2. The third-order valence-electron chi connectivity index (χ3n) is 4.16. The fourth-order valence-corrected chi connectivity index (χ4v) is 2.92. The summed E-state index contributed by atoms with van der Waals surface area (Å²) in [6.07, 6.45) is 5.05. The lowest BCUT2D eigenvalue weighted by molar-refractivity contribution is 0.0949. The number of pyridine rings is 2. The van der Waals surface area contributed by atoms with E-state index in [1.807, 2.05) is 34.9 Å². The topological polar surface area (TPSA) is 79.8 Å². The van der Waals surface area contributed by atoms with E-state index in [0.29, 0.717) is 18.8 Å². The summed E-state index contributed by atoms with van der Waals surface area (Å²) in [6.45, 7) is 1.02. The van der Waals surface area contributed by atoms with Crippen molar-refractivity contribution in [2.24, 2.45) is 0 Å². The fraction of sp³-hybridized carbons (Fsp3) is 0.105. The van der Waals surface area contributed by atoms with E-state index >= 15 is 0 Å². The van der Waals surface area contributed by atoms with Gasteiger partial charge in [-0.05, 0) is 12.1 Å². The van der Waals surface area contributed by atoms with Crippen LogP contribution in [-0.2, 0) is 6.54 Å². The number of nitrogens with zero attached hydrogens (tertiary/aromatic N) is 2. The lowest BCUT2D eigenvalue weighted by atomic mass is 10.1. The average molecular weight is 332 g/mol. The number of nitrogens with one attached hydrogen (secondary N) is 2. The van der Waals surface area contributed by atoms with Gasteiger partial charge in [-0.15, -0.1) is 0 Å². The molecule has 0 aliphatic heterocycles. The molecule has 6 heteroatoms. The van der Waals surface area contributed by atoms with Gasteiger partial charge >= 0.3 is 0 Å². The molecular formula is C19H16N4O2. The van der Waals surface area contributed by atoms with Crippen molar-refractivity contribution >= 4 is 27.7 Å². The Bertz CT molecular complexity index is 1110. The van der Waals surface area contributed by atoms with Gasteiger partial charge in [0.2, 0.25) is 0 Å². The van der Waals surface area contributed by atoms with Crippen LogP contribution in [0.25, 0.3) is 21.8 Å². The molecule has 4 rings (SSSR count). The zero-order valence-corrected chi connectivity index (χ0v) is 13.4. The van der Waals surface area contributed by atoms with Crippen LogP contribution in [0.1, 0.15) is 10.5 Å². The molecule has 2 N–H and O–H groups in total. The van der Waals surface area contributed by atoms with Gasteiger partial charge in [-0.1, -0.05) is 18.2 Å². The lowest BCUT2D eigenvalue weighted by Crippen LogP contribution is -2.28. The highest BCUT2D eigenvalue weighted by Crippen LogP contribution is 2.26. The molecule has 6 nitrogen and oxygen atoms in total. The van der Waals surface area contributed by atoms with Crippen molar-refractivity contribution in [2.45, 2.75) is 6.54 Å². The number of carbonyl (C=O) groups is 1. The van der Waals surface area contributed by atoms with E-state index in [2.05, 4.69) is 15.3 Å². The quantitative estimate of drug-likeness (QED) is 0.602. The Morgan fingerprint density at radius 3 is 2.72 bits per heavy atom. The molecule has 0 aliphatic rings. The number of H-pyrrole nitrogens is 1. The highest BCUT2D eigenvalue weighted by molar-refractivity contribution is 6.13. The van der Waals surface area contributed by atoms with Gasteiger partial charge in [0.15, 0.2) is 11.1 Å². The minimum absolute atomic E-state index is 0.0324. The Balaban J connectivity index is 1.55. The molecule has 1 aromatic carbocycles. The highest BCUT2D eigenvalue weighted by Gasteiger charge is 2.14. The van der Waals surface area contributed by atoms with Gasteiger partial charge in [0, 0.05) is 60.1 Å². The first-order valence-electron chi connectivity index (χ1n) is 8.02. The molecule has 0 saturated heterocycles. The zero-order valence-electron chi connectivity index (χ0n) is 13.4. The molecule has 0 aliphatic carbocycles. The predicted octanol–water partition coefficient (Wildman–Crippen LogP) is 2.31. The minimum Gasteiger partial charge on any atom is -0.353 e. The highest BCUT2D eigenvalue weighted by atomic mass is 16.1. The number of para-hydroxylation sites is 1. The van der Waals surface area contributed by atoms with E-state index in [1.165, 1.54) is 12.1 Å². The first kappa shape index (κ1) is 15.1. The Kier molecular flexibility index (Phi) is 3.78. The molecule has 25 heavy (non-hydrogen) atoms. The Morgan fingerprint density at radius 1 is 1.08 bits per heavy atom. The van der Waals surface area contributed by atoms with Crippen LogP contribution in [0.5, 0.6) is 0 Å². The number of amides is 1. The van der Waals surface area contributed by atoms with Gasteiger partial charge in [0.05, 0.1) is 5.52 Å². The predicted molar refractivity (Wildman–Crippen MR) is 96.6 cm³/mol. The van der Waals surface area contributed by atoms with Crippen LogP contribution in [0.3, 0.4) is 0 Å². The number of hydrogen-bond acceptors (Lipinski definition) is 3. The summed E-state index contributed by atoms with van der Waals surface area (Å²) >= 11 is 0. The van der Waals surface area contributed by atoms with Crippen molar-refractivity contribution < 1.29 is 4.79 Å². The summed E-state index contributed by atoms with van der Waals surface area (Å²) in [4.78, 5) is 31.1. The SMILES string of the molecule is O=C(NCCn1ccc(=O)cc1)c1nccc2c1[nH]c1ccccc12. The Labute approximate surface area is 143 Å². The molecule has 0 bridgehead atoms. The normalized spacial score (nSPS) is 11.0. The number of carbonyl (C=O) groups excluding carboxylic acids is 1. The maximum Gasteiger partial charge on any atom is 0.272 e. The van der Waals surface area contributed by atoms with Crippen molar-refractivity contribution in [1.29, 1.82) is 0 Å². The molecule has 0 atom stereocenters. The second-order valence-corrected chi connectivity index (χ2v) is 5.78. The molecule has 3 aromatic heterocycles. The Hall–Kier alpha value is -3.41. The van der Waals surface area contributed by atoms with Crippen molar-refractivity contribution in [1.82, 2.24) is 19.9 Å². The van der Waals surface area contributed by atoms with Crippen LogP contribution in [0.15, 0.2) is 65.8 Å². The maximum absolute atomic E-state index is 12.5. The smallest absolute Gasteiger partial charge is 0.272 e. The second kappa shape index (κ2) is 6.24. The van der Waals surface area contributed by atoms with E-state index in [-0.39, 0.29) is 11.3 Å². The van der Waals surface area contributed by atoms with Crippen LogP contribution in [-0.4, -0.2) is 27.0 Å². The van der Waals surface area contributed by atoms with Crippen molar-refractivity contribution in [3.8, 4) is 0 Å². The van der Waals surface area contributed by atoms with E-state index in [9.17, 15) is 9.59 Å². The zero-order chi connectivity index (χ0) is 17.2. The molecule has 0 fully saturated rings.